The molecule has 0 radical (unpaired) electrons. The topological polar surface area (TPSA) is 104 Å². The lowest BCUT2D eigenvalue weighted by Gasteiger charge is -2.06. The zero-order chi connectivity index (χ0) is 15.9. The molecule has 0 aliphatic heterocycles. The largest absolute Gasteiger partial charge is 0.294 e. The predicted octanol–water partition coefficient (Wildman–Crippen LogP) is 1.28. The van der Waals surface area contributed by atoms with Gasteiger partial charge < -0.3 is 0 Å². The first kappa shape index (κ1) is 14.0. The molecule has 2 aromatic heterocycles. The zero-order valence-corrected chi connectivity index (χ0v) is 12.0. The molecule has 3 aromatic rings. The second kappa shape index (κ2) is 5.09. The maximum Gasteiger partial charge on any atom is 0.294 e. The molecule has 0 unspecified atom stereocenters. The van der Waals surface area contributed by atoms with Crippen LogP contribution in [0, 0.1) is 18.3 Å². The molecule has 1 N–H and O–H groups in total. The van der Waals surface area contributed by atoms with Crippen molar-refractivity contribution in [2.24, 2.45) is 0 Å². The van der Waals surface area contributed by atoms with Crippen LogP contribution in [0.4, 0.5) is 0 Å². The van der Waals surface area contributed by atoms with Gasteiger partial charge in [0.1, 0.15) is 17.3 Å². The van der Waals surface area contributed by atoms with Gasteiger partial charge in [-0.1, -0.05) is 23.7 Å². The number of rotatable bonds is 1. The van der Waals surface area contributed by atoms with E-state index < -0.39 is 11.1 Å². The number of fused-ring (bicyclic) bond motifs is 1. The molecule has 1 aromatic carbocycles. The Hall–Kier alpha value is -2.98. The molecule has 7 nitrogen and oxygen atoms in total. The molecule has 3 rings (SSSR count). The van der Waals surface area contributed by atoms with Crippen molar-refractivity contribution in [3.05, 3.63) is 61.3 Å². The summed E-state index contributed by atoms with van der Waals surface area (Å²) in [6.07, 6.45) is 0. The van der Waals surface area contributed by atoms with E-state index in [4.69, 9.17) is 11.6 Å². The van der Waals surface area contributed by atoms with E-state index in [0.717, 1.165) is 4.52 Å². The van der Waals surface area contributed by atoms with Crippen LogP contribution in [0.25, 0.3) is 17.0 Å². The smallest absolute Gasteiger partial charge is 0.289 e. The summed E-state index contributed by atoms with van der Waals surface area (Å²) < 4.78 is 0.911. The first-order valence-electron chi connectivity index (χ1n) is 6.21. The Bertz CT molecular complexity index is 1040. The second-order valence-corrected chi connectivity index (χ2v) is 4.97. The lowest BCUT2D eigenvalue weighted by Crippen LogP contribution is -2.27. The summed E-state index contributed by atoms with van der Waals surface area (Å²) in [5.41, 5.74) is -0.416. The number of aromatic amines is 1. The van der Waals surface area contributed by atoms with E-state index >= 15 is 0 Å². The molecule has 0 fully saturated rings. The van der Waals surface area contributed by atoms with Gasteiger partial charge in [0.15, 0.2) is 0 Å². The third-order valence-corrected chi connectivity index (χ3v) is 3.35. The maximum atomic E-state index is 12.4. The van der Waals surface area contributed by atoms with Gasteiger partial charge in [0, 0.05) is 10.6 Å². The van der Waals surface area contributed by atoms with Crippen molar-refractivity contribution >= 4 is 17.4 Å². The number of nitrogens with zero attached hydrogens (tertiary/aromatic N) is 4. The lowest BCUT2D eigenvalue weighted by molar-refractivity contribution is 0.796. The van der Waals surface area contributed by atoms with Crippen molar-refractivity contribution in [1.82, 2.24) is 19.6 Å². The quantitative estimate of drug-likeness (QED) is 0.728. The van der Waals surface area contributed by atoms with E-state index in [1.165, 1.54) is 6.92 Å². The molecule has 0 bridgehead atoms. The van der Waals surface area contributed by atoms with Crippen LogP contribution in [0.2, 0.25) is 5.02 Å². The van der Waals surface area contributed by atoms with Gasteiger partial charge in [-0.05, 0) is 19.1 Å². The van der Waals surface area contributed by atoms with E-state index in [9.17, 15) is 14.9 Å². The minimum atomic E-state index is -0.642. The van der Waals surface area contributed by atoms with Gasteiger partial charge in [0.05, 0.1) is 5.69 Å². The Balaban J connectivity index is 2.43. The van der Waals surface area contributed by atoms with Crippen molar-refractivity contribution in [1.29, 1.82) is 5.26 Å². The molecule has 22 heavy (non-hydrogen) atoms. The lowest BCUT2D eigenvalue weighted by atomic mass is 10.1. The molecule has 8 heteroatoms. The number of nitriles is 1. The van der Waals surface area contributed by atoms with Crippen LogP contribution in [0.1, 0.15) is 11.3 Å². The SMILES string of the molecule is Cc1nn2c(=O)c(C#N)c(-c3ccc(Cl)cc3)nc2[nH]c1=O. The van der Waals surface area contributed by atoms with Crippen LogP contribution in [0.15, 0.2) is 33.9 Å². The standard InChI is InChI=1S/C14H8ClN5O2/c1-7-12(21)18-14-17-11(8-2-4-9(15)5-3-8)10(6-16)13(22)20(14)19-7/h2-5H,1H3,(H,17,18,21). The summed E-state index contributed by atoms with van der Waals surface area (Å²) in [5.74, 6) is -0.0236. The third kappa shape index (κ3) is 2.16. The van der Waals surface area contributed by atoms with Crippen LogP contribution in [0.5, 0.6) is 0 Å². The monoisotopic (exact) mass is 313 g/mol. The highest BCUT2D eigenvalue weighted by molar-refractivity contribution is 6.30. The number of aromatic nitrogens is 4. The fourth-order valence-electron chi connectivity index (χ4n) is 1.99. The molecule has 0 spiro atoms. The molecule has 0 saturated carbocycles. The number of hydrogen-bond acceptors (Lipinski definition) is 5. The molecule has 108 valence electrons. The van der Waals surface area contributed by atoms with Gasteiger partial charge in [-0.15, -0.1) is 0 Å². The average Bonchev–Trinajstić information content (AvgIpc) is 2.50. The summed E-state index contributed by atoms with van der Waals surface area (Å²) in [4.78, 5) is 30.7. The minimum absolute atomic E-state index is 0.0236. The van der Waals surface area contributed by atoms with Crippen LogP contribution in [-0.4, -0.2) is 19.6 Å². The molecule has 0 amide bonds. The Morgan fingerprint density at radius 2 is 1.95 bits per heavy atom. The molecule has 0 aliphatic carbocycles. The molecule has 0 aliphatic rings. The number of benzene rings is 1. The van der Waals surface area contributed by atoms with Crippen LogP contribution >= 0.6 is 11.6 Å². The van der Waals surface area contributed by atoms with Gasteiger partial charge in [0.25, 0.3) is 11.1 Å². The number of hydrogen-bond donors (Lipinski definition) is 1. The number of aryl methyl sites for hydroxylation is 1. The summed E-state index contributed by atoms with van der Waals surface area (Å²) >= 11 is 5.83. The molecular weight excluding hydrogens is 306 g/mol. The van der Waals surface area contributed by atoms with E-state index in [2.05, 4.69) is 15.1 Å². The van der Waals surface area contributed by atoms with Gasteiger partial charge in [-0.2, -0.15) is 14.9 Å². The Kier molecular flexibility index (Phi) is 3.23. The number of nitrogens with one attached hydrogen (secondary N) is 1. The summed E-state index contributed by atoms with van der Waals surface area (Å²) in [6, 6.07) is 8.37. The minimum Gasteiger partial charge on any atom is -0.289 e. The highest BCUT2D eigenvalue weighted by atomic mass is 35.5. The van der Waals surface area contributed by atoms with Crippen molar-refractivity contribution in [3.63, 3.8) is 0 Å². The normalized spacial score (nSPS) is 10.6. The van der Waals surface area contributed by atoms with E-state index in [-0.39, 0.29) is 22.7 Å². The van der Waals surface area contributed by atoms with Crippen molar-refractivity contribution in [2.45, 2.75) is 6.92 Å². The first-order valence-corrected chi connectivity index (χ1v) is 6.59. The predicted molar refractivity (Wildman–Crippen MR) is 79.8 cm³/mol. The molecule has 0 saturated heterocycles. The fourth-order valence-corrected chi connectivity index (χ4v) is 2.12. The van der Waals surface area contributed by atoms with Gasteiger partial charge in [-0.25, -0.2) is 4.98 Å². The Morgan fingerprint density at radius 3 is 2.59 bits per heavy atom. The molecule has 2 heterocycles. The summed E-state index contributed by atoms with van der Waals surface area (Å²) in [5, 5.41) is 13.6. The average molecular weight is 314 g/mol. The first-order chi connectivity index (χ1) is 10.5. The van der Waals surface area contributed by atoms with E-state index in [0.29, 0.717) is 10.6 Å². The van der Waals surface area contributed by atoms with Gasteiger partial charge in [-0.3, -0.25) is 14.6 Å². The highest BCUT2D eigenvalue weighted by Crippen LogP contribution is 2.21. The van der Waals surface area contributed by atoms with Crippen molar-refractivity contribution < 1.29 is 0 Å². The van der Waals surface area contributed by atoms with Gasteiger partial charge in [0.2, 0.25) is 5.78 Å². The molecule has 0 atom stereocenters. The summed E-state index contributed by atoms with van der Waals surface area (Å²) in [6.45, 7) is 1.46. The Morgan fingerprint density at radius 1 is 1.27 bits per heavy atom. The van der Waals surface area contributed by atoms with E-state index in [1.54, 1.807) is 24.3 Å². The highest BCUT2D eigenvalue weighted by Gasteiger charge is 2.16. The van der Waals surface area contributed by atoms with Crippen LogP contribution < -0.4 is 11.1 Å². The number of H-pyrrole nitrogens is 1. The summed E-state index contributed by atoms with van der Waals surface area (Å²) in [7, 11) is 0. The van der Waals surface area contributed by atoms with Crippen molar-refractivity contribution in [3.8, 4) is 17.3 Å². The van der Waals surface area contributed by atoms with Gasteiger partial charge >= 0.3 is 0 Å². The Labute approximate surface area is 128 Å². The third-order valence-electron chi connectivity index (χ3n) is 3.09. The van der Waals surface area contributed by atoms with E-state index in [1.807, 2.05) is 6.07 Å². The molecular formula is C14H8ClN5O2. The van der Waals surface area contributed by atoms with Crippen molar-refractivity contribution in [2.75, 3.05) is 0 Å². The van der Waals surface area contributed by atoms with Crippen LogP contribution in [-0.2, 0) is 0 Å². The zero-order valence-electron chi connectivity index (χ0n) is 11.3. The number of halogens is 1. The second-order valence-electron chi connectivity index (χ2n) is 4.53. The fraction of sp³-hybridized carbons (Fsp3) is 0.0714. The van der Waals surface area contributed by atoms with Crippen LogP contribution in [0.3, 0.4) is 0 Å². The maximum absolute atomic E-state index is 12.4.